The second-order valence-electron chi connectivity index (χ2n) is 4.73. The average molecular weight is 391 g/mol. The van der Waals surface area contributed by atoms with Gasteiger partial charge in [0.25, 0.3) is 0 Å². The highest BCUT2D eigenvalue weighted by Gasteiger charge is 2.29. The van der Waals surface area contributed by atoms with Gasteiger partial charge in [-0.2, -0.15) is 12.6 Å². The molecule has 1 aliphatic rings. The largest absolute Gasteiger partial charge is 0.445 e. The van der Waals surface area contributed by atoms with Crippen LogP contribution in [0.1, 0.15) is 12.0 Å². The average Bonchev–Trinajstić information content (AvgIpc) is 2.46. The van der Waals surface area contributed by atoms with Crippen molar-refractivity contribution < 1.29 is 9.53 Å². The molecule has 1 heterocycles. The first-order valence-electron chi connectivity index (χ1n) is 6.41. The van der Waals surface area contributed by atoms with Gasteiger partial charge in [-0.05, 0) is 23.7 Å². The molecule has 0 spiro atoms. The lowest BCUT2D eigenvalue weighted by atomic mass is 10.0. The molecule has 0 bridgehead atoms. The minimum absolute atomic E-state index is 0.209. The second-order valence-corrected chi connectivity index (χ2v) is 6.70. The topological polar surface area (TPSA) is 29.5 Å². The van der Waals surface area contributed by atoms with Gasteiger partial charge in [0.15, 0.2) is 0 Å². The van der Waals surface area contributed by atoms with Crippen LogP contribution >= 0.6 is 35.2 Å². The summed E-state index contributed by atoms with van der Waals surface area (Å²) in [5.74, 6) is 1.28. The molecule has 0 N–H and O–H groups in total. The lowest BCUT2D eigenvalue weighted by Gasteiger charge is -2.34. The van der Waals surface area contributed by atoms with E-state index in [2.05, 4.69) is 35.2 Å². The molecule has 0 saturated carbocycles. The third-order valence-electron chi connectivity index (χ3n) is 3.34. The Hall–Kier alpha value is -0.430. The predicted octanol–water partition coefficient (Wildman–Crippen LogP) is 3.38. The molecule has 2 atom stereocenters. The van der Waals surface area contributed by atoms with Crippen LogP contribution in [0.4, 0.5) is 4.79 Å². The summed E-state index contributed by atoms with van der Waals surface area (Å²) in [7, 11) is 0. The number of rotatable bonds is 3. The molecule has 1 fully saturated rings. The molecule has 1 aromatic carbocycles. The molecule has 2 rings (SSSR count). The number of carbonyl (C=O) groups is 1. The first-order valence-corrected chi connectivity index (χ1v) is 8.29. The fourth-order valence-corrected chi connectivity index (χ4v) is 3.68. The zero-order valence-electron chi connectivity index (χ0n) is 10.7. The van der Waals surface area contributed by atoms with Crippen molar-refractivity contribution in [1.82, 2.24) is 4.90 Å². The number of likely N-dealkylation sites (tertiary alicyclic amines) is 1. The lowest BCUT2D eigenvalue weighted by Crippen LogP contribution is -2.45. The summed E-state index contributed by atoms with van der Waals surface area (Å²) in [6.45, 7) is 1.88. The third-order valence-corrected chi connectivity index (χ3v) is 5.45. The maximum Gasteiger partial charge on any atom is 0.410 e. The molecule has 3 nitrogen and oxygen atoms in total. The Balaban J connectivity index is 1.83. The molecular weight excluding hydrogens is 373 g/mol. The molecule has 1 amide bonds. The number of alkyl halides is 1. The number of halogens is 1. The van der Waals surface area contributed by atoms with Crippen molar-refractivity contribution in [2.45, 2.75) is 17.0 Å². The molecule has 1 aliphatic heterocycles. The number of hydrogen-bond acceptors (Lipinski definition) is 3. The number of benzene rings is 1. The van der Waals surface area contributed by atoms with Crippen LogP contribution in [0.25, 0.3) is 0 Å². The van der Waals surface area contributed by atoms with E-state index in [0.717, 1.165) is 30.8 Å². The number of ether oxygens (including phenoxy) is 1. The fourth-order valence-electron chi connectivity index (χ4n) is 2.15. The monoisotopic (exact) mass is 391 g/mol. The van der Waals surface area contributed by atoms with Gasteiger partial charge in [-0.25, -0.2) is 4.79 Å². The zero-order chi connectivity index (χ0) is 13.7. The summed E-state index contributed by atoms with van der Waals surface area (Å²) >= 11 is 6.81. The van der Waals surface area contributed by atoms with E-state index < -0.39 is 0 Å². The third kappa shape index (κ3) is 4.27. The Kier molecular flexibility index (Phi) is 5.81. The van der Waals surface area contributed by atoms with Gasteiger partial charge in [0.2, 0.25) is 0 Å². The van der Waals surface area contributed by atoms with Crippen LogP contribution < -0.4 is 0 Å². The summed E-state index contributed by atoms with van der Waals surface area (Å²) in [6, 6.07) is 9.76. The second kappa shape index (κ2) is 7.38. The van der Waals surface area contributed by atoms with Gasteiger partial charge in [-0.1, -0.05) is 52.9 Å². The summed E-state index contributed by atoms with van der Waals surface area (Å²) in [5, 5.41) is 0. The van der Waals surface area contributed by atoms with Crippen LogP contribution in [0.15, 0.2) is 30.3 Å². The molecule has 1 saturated heterocycles. The molecule has 19 heavy (non-hydrogen) atoms. The quantitative estimate of drug-likeness (QED) is 0.487. The molecule has 2 unspecified atom stereocenters. The van der Waals surface area contributed by atoms with Gasteiger partial charge in [0.1, 0.15) is 6.61 Å². The molecule has 0 aliphatic carbocycles. The summed E-state index contributed by atoms with van der Waals surface area (Å²) in [4.78, 5) is 13.8. The molecule has 1 aromatic rings. The van der Waals surface area contributed by atoms with Crippen molar-refractivity contribution in [2.75, 3.05) is 18.8 Å². The van der Waals surface area contributed by atoms with Crippen molar-refractivity contribution in [2.24, 2.45) is 5.92 Å². The van der Waals surface area contributed by atoms with Gasteiger partial charge >= 0.3 is 6.09 Å². The number of amides is 1. The van der Waals surface area contributed by atoms with E-state index in [1.165, 1.54) is 0 Å². The molecule has 0 aromatic heterocycles. The SMILES string of the molecule is O=C(OCc1ccccc1)N1CCC(I)C(CS)C1. The minimum Gasteiger partial charge on any atom is -0.445 e. The van der Waals surface area contributed by atoms with E-state index in [0.29, 0.717) is 16.4 Å². The number of nitrogens with zero attached hydrogens (tertiary/aromatic N) is 1. The van der Waals surface area contributed by atoms with Gasteiger partial charge in [-0.3, -0.25) is 0 Å². The maximum atomic E-state index is 12.0. The highest BCUT2D eigenvalue weighted by molar-refractivity contribution is 14.1. The summed E-state index contributed by atoms with van der Waals surface area (Å²) < 4.78 is 5.96. The Labute approximate surface area is 133 Å². The van der Waals surface area contributed by atoms with E-state index in [1.54, 1.807) is 4.90 Å². The van der Waals surface area contributed by atoms with Crippen LogP contribution in [-0.2, 0) is 11.3 Å². The highest BCUT2D eigenvalue weighted by Crippen LogP contribution is 2.25. The molecular formula is C14H18INO2S. The first kappa shape index (κ1) is 15.0. The van der Waals surface area contributed by atoms with E-state index in [9.17, 15) is 4.79 Å². The number of carbonyl (C=O) groups excluding carboxylic acids is 1. The van der Waals surface area contributed by atoms with Crippen LogP contribution in [0.5, 0.6) is 0 Å². The van der Waals surface area contributed by atoms with E-state index in [-0.39, 0.29) is 6.09 Å². The van der Waals surface area contributed by atoms with Crippen LogP contribution in [-0.4, -0.2) is 33.8 Å². The molecule has 0 radical (unpaired) electrons. The Morgan fingerprint density at radius 1 is 1.42 bits per heavy atom. The van der Waals surface area contributed by atoms with Crippen molar-refractivity contribution in [3.05, 3.63) is 35.9 Å². The normalized spacial score (nSPS) is 23.2. The molecule has 5 heteroatoms. The van der Waals surface area contributed by atoms with Crippen molar-refractivity contribution in [3.63, 3.8) is 0 Å². The smallest absolute Gasteiger partial charge is 0.410 e. The predicted molar refractivity (Wildman–Crippen MR) is 88.0 cm³/mol. The van der Waals surface area contributed by atoms with Crippen molar-refractivity contribution in [3.8, 4) is 0 Å². The van der Waals surface area contributed by atoms with E-state index >= 15 is 0 Å². The van der Waals surface area contributed by atoms with Crippen LogP contribution in [0, 0.1) is 5.92 Å². The maximum absolute atomic E-state index is 12.0. The highest BCUT2D eigenvalue weighted by atomic mass is 127. The summed E-state index contributed by atoms with van der Waals surface area (Å²) in [6.07, 6.45) is 0.811. The van der Waals surface area contributed by atoms with Gasteiger partial charge in [-0.15, -0.1) is 0 Å². The van der Waals surface area contributed by atoms with Crippen molar-refractivity contribution in [1.29, 1.82) is 0 Å². The standard InChI is InChI=1S/C14H18INO2S/c15-13-6-7-16(8-12(13)10-19)14(17)18-9-11-4-2-1-3-5-11/h1-5,12-13,19H,6-10H2. The Morgan fingerprint density at radius 3 is 2.84 bits per heavy atom. The van der Waals surface area contributed by atoms with Crippen molar-refractivity contribution >= 4 is 41.3 Å². The van der Waals surface area contributed by atoms with E-state index in [1.807, 2.05) is 30.3 Å². The first-order chi connectivity index (χ1) is 9.20. The Bertz CT molecular complexity index is 415. The number of piperidine rings is 1. The minimum atomic E-state index is -0.209. The van der Waals surface area contributed by atoms with Gasteiger partial charge < -0.3 is 9.64 Å². The molecule has 104 valence electrons. The van der Waals surface area contributed by atoms with Gasteiger partial charge in [0, 0.05) is 17.0 Å². The fraction of sp³-hybridized carbons (Fsp3) is 0.500. The zero-order valence-corrected chi connectivity index (χ0v) is 13.7. The Morgan fingerprint density at radius 2 is 2.16 bits per heavy atom. The van der Waals surface area contributed by atoms with E-state index in [4.69, 9.17) is 4.74 Å². The number of hydrogen-bond donors (Lipinski definition) is 1. The summed E-state index contributed by atoms with van der Waals surface area (Å²) in [5.41, 5.74) is 1.02. The van der Waals surface area contributed by atoms with Crippen LogP contribution in [0.2, 0.25) is 0 Å². The number of thiol groups is 1. The van der Waals surface area contributed by atoms with Gasteiger partial charge in [0.05, 0.1) is 0 Å². The van der Waals surface area contributed by atoms with Crippen LogP contribution in [0.3, 0.4) is 0 Å². The lowest BCUT2D eigenvalue weighted by molar-refractivity contribution is 0.0834.